The van der Waals surface area contributed by atoms with Gasteiger partial charge in [0, 0.05) is 34.8 Å². The Bertz CT molecular complexity index is 1470. The molecule has 37 heavy (non-hydrogen) atoms. The Hall–Kier alpha value is -4.01. The van der Waals surface area contributed by atoms with Crippen LogP contribution < -0.4 is 21.1 Å². The summed E-state index contributed by atoms with van der Waals surface area (Å²) in [5.74, 6) is -0.537. The monoisotopic (exact) mass is 510 g/mol. The molecule has 0 radical (unpaired) electrons. The molecule has 7 nitrogen and oxygen atoms in total. The van der Waals surface area contributed by atoms with E-state index in [1.54, 1.807) is 12.3 Å². The number of amides is 2. The second-order valence-electron chi connectivity index (χ2n) is 10.2. The van der Waals surface area contributed by atoms with Gasteiger partial charge in [0.15, 0.2) is 0 Å². The smallest absolute Gasteiger partial charge is 0.272 e. The topological polar surface area (TPSA) is 107 Å². The zero-order valence-electron chi connectivity index (χ0n) is 21.1. The minimum Gasteiger partial charge on any atom is -0.424 e. The number of aromatic amines is 1. The molecule has 3 aromatic carbocycles. The van der Waals surface area contributed by atoms with Gasteiger partial charge in [-0.1, -0.05) is 74.5 Å². The molecule has 0 aliphatic carbocycles. The van der Waals surface area contributed by atoms with E-state index in [0.717, 1.165) is 32.5 Å². The van der Waals surface area contributed by atoms with Crippen LogP contribution in [0.5, 0.6) is 0 Å². The van der Waals surface area contributed by atoms with Crippen molar-refractivity contribution >= 4 is 53.3 Å². The normalized spacial score (nSPS) is 13.4. The molecule has 1 aromatic heterocycles. The Morgan fingerprint density at radius 1 is 1.03 bits per heavy atom. The minimum absolute atomic E-state index is 0.211. The summed E-state index contributed by atoms with van der Waals surface area (Å²) < 4.78 is 0. The molecule has 1 aliphatic heterocycles. The molecule has 2 amide bonds. The van der Waals surface area contributed by atoms with Crippen LogP contribution in [0.2, 0.25) is 5.04 Å². The zero-order valence-corrected chi connectivity index (χ0v) is 22.1. The molecule has 0 spiro atoms. The van der Waals surface area contributed by atoms with Crippen LogP contribution in [-0.4, -0.2) is 36.1 Å². The second-order valence-corrected chi connectivity index (χ2v) is 14.1. The van der Waals surface area contributed by atoms with Crippen molar-refractivity contribution in [2.45, 2.75) is 38.7 Å². The number of hydrazone groups is 1. The lowest BCUT2D eigenvalue weighted by atomic mass is 10.00. The van der Waals surface area contributed by atoms with E-state index in [4.69, 9.17) is 0 Å². The number of anilines is 1. The molecule has 0 atom stereocenters. The first-order valence-electron chi connectivity index (χ1n) is 12.3. The fraction of sp³-hybridized carbons (Fsp3) is 0.207. The van der Waals surface area contributed by atoms with E-state index in [0.29, 0.717) is 24.1 Å². The molecular formula is C29H30N4O3Si. The van der Waals surface area contributed by atoms with Crippen LogP contribution in [0.15, 0.2) is 77.9 Å². The maximum atomic E-state index is 12.7. The summed E-state index contributed by atoms with van der Waals surface area (Å²) in [6, 6.07) is 23.5. The standard InChI is InChI=1S/C29H30N4O3Si/c1-19(34)31-20-16-23-27-24(18-30-33-28(23)35)25(32-26(27)17-20)14-15-29(2,3)37(36,21-10-6-4-7-11-21)22-12-8-5-9-13-22/h4-13,16-18,32,36H,14-15H2,1-3H3,(H,31,34)(H,33,35). The molecule has 8 heteroatoms. The molecule has 0 saturated carbocycles. The van der Waals surface area contributed by atoms with Crippen molar-refractivity contribution in [1.29, 1.82) is 0 Å². The summed E-state index contributed by atoms with van der Waals surface area (Å²) in [5.41, 5.74) is 6.09. The van der Waals surface area contributed by atoms with E-state index in [2.05, 4.69) is 34.7 Å². The van der Waals surface area contributed by atoms with Crippen LogP contribution in [0.1, 0.15) is 48.8 Å². The summed E-state index contributed by atoms with van der Waals surface area (Å²) >= 11 is 0. The maximum absolute atomic E-state index is 12.7. The van der Waals surface area contributed by atoms with Gasteiger partial charge in [0.25, 0.3) is 14.2 Å². The SMILES string of the molecule is CC(=O)Nc1cc2c3c(c(CCC(C)(C)[Si](O)(c4ccccc4)c4ccccc4)[nH]c3c1)C=NNC2=O. The third kappa shape index (κ3) is 4.39. The summed E-state index contributed by atoms with van der Waals surface area (Å²) in [4.78, 5) is 40.3. The molecule has 0 unspecified atom stereocenters. The van der Waals surface area contributed by atoms with Gasteiger partial charge in [-0.3, -0.25) is 9.59 Å². The lowest BCUT2D eigenvalue weighted by Gasteiger charge is -2.41. The van der Waals surface area contributed by atoms with Gasteiger partial charge in [-0.2, -0.15) is 5.10 Å². The quantitative estimate of drug-likeness (QED) is 0.285. The molecule has 2 heterocycles. The van der Waals surface area contributed by atoms with Gasteiger partial charge >= 0.3 is 0 Å². The Morgan fingerprint density at radius 3 is 2.24 bits per heavy atom. The molecule has 4 N–H and O–H groups in total. The second kappa shape index (κ2) is 9.46. The van der Waals surface area contributed by atoms with E-state index in [1.165, 1.54) is 6.92 Å². The highest BCUT2D eigenvalue weighted by atomic mass is 28.4. The Labute approximate surface area is 216 Å². The number of nitrogens with one attached hydrogen (secondary N) is 3. The molecule has 1 aliphatic rings. The Morgan fingerprint density at radius 2 is 1.65 bits per heavy atom. The highest BCUT2D eigenvalue weighted by Gasteiger charge is 2.49. The zero-order chi connectivity index (χ0) is 26.2. The minimum atomic E-state index is -3.16. The van der Waals surface area contributed by atoms with Crippen LogP contribution in [0.3, 0.4) is 0 Å². The van der Waals surface area contributed by atoms with Crippen LogP contribution in [0.25, 0.3) is 10.9 Å². The van der Waals surface area contributed by atoms with Crippen molar-refractivity contribution in [1.82, 2.24) is 10.4 Å². The van der Waals surface area contributed by atoms with Crippen LogP contribution in [-0.2, 0) is 11.2 Å². The fourth-order valence-corrected chi connectivity index (χ4v) is 9.08. The molecule has 4 aromatic rings. The third-order valence-corrected chi connectivity index (χ3v) is 11.9. The van der Waals surface area contributed by atoms with Crippen molar-refractivity contribution in [2.24, 2.45) is 5.10 Å². The number of carbonyl (C=O) groups excluding carboxylic acids is 2. The molecular weight excluding hydrogens is 480 g/mol. The Kier molecular flexibility index (Phi) is 6.31. The van der Waals surface area contributed by atoms with Crippen molar-refractivity contribution in [3.05, 3.63) is 89.6 Å². The summed E-state index contributed by atoms with van der Waals surface area (Å²) in [5, 5.41) is 9.19. The van der Waals surface area contributed by atoms with E-state index in [1.807, 2.05) is 66.7 Å². The summed E-state index contributed by atoms with van der Waals surface area (Å²) in [6.07, 6.45) is 3.01. The first kappa shape index (κ1) is 24.7. The first-order chi connectivity index (χ1) is 17.7. The van der Waals surface area contributed by atoms with Gasteiger partial charge in [-0.15, -0.1) is 0 Å². The number of benzene rings is 3. The van der Waals surface area contributed by atoms with E-state index in [-0.39, 0.29) is 11.8 Å². The average Bonchev–Trinajstić information content (AvgIpc) is 3.14. The lowest BCUT2D eigenvalue weighted by molar-refractivity contribution is -0.114. The third-order valence-electron chi connectivity index (χ3n) is 7.31. The predicted molar refractivity (Wildman–Crippen MR) is 150 cm³/mol. The number of nitrogens with zero attached hydrogens (tertiary/aromatic N) is 1. The highest BCUT2D eigenvalue weighted by Crippen LogP contribution is 2.41. The predicted octanol–water partition coefficient (Wildman–Crippen LogP) is 3.67. The van der Waals surface area contributed by atoms with Crippen molar-refractivity contribution in [3.8, 4) is 0 Å². The van der Waals surface area contributed by atoms with Gasteiger partial charge in [0.1, 0.15) is 0 Å². The molecule has 5 rings (SSSR count). The van der Waals surface area contributed by atoms with Crippen LogP contribution >= 0.6 is 0 Å². The van der Waals surface area contributed by atoms with Gasteiger partial charge < -0.3 is 15.1 Å². The van der Waals surface area contributed by atoms with E-state index < -0.39 is 13.4 Å². The van der Waals surface area contributed by atoms with Gasteiger partial charge in [0.2, 0.25) is 5.91 Å². The van der Waals surface area contributed by atoms with Crippen molar-refractivity contribution in [3.63, 3.8) is 0 Å². The number of rotatable bonds is 7. The Balaban J connectivity index is 1.55. The fourth-order valence-electron chi connectivity index (χ4n) is 5.35. The first-order valence-corrected chi connectivity index (χ1v) is 14.3. The molecule has 0 saturated heterocycles. The summed E-state index contributed by atoms with van der Waals surface area (Å²) in [7, 11) is -3.16. The van der Waals surface area contributed by atoms with E-state index in [9.17, 15) is 14.4 Å². The van der Waals surface area contributed by atoms with Gasteiger partial charge in [-0.05, 0) is 40.4 Å². The lowest BCUT2D eigenvalue weighted by Crippen LogP contribution is -2.65. The van der Waals surface area contributed by atoms with Crippen LogP contribution in [0, 0.1) is 0 Å². The van der Waals surface area contributed by atoms with Gasteiger partial charge in [-0.25, -0.2) is 5.43 Å². The average molecular weight is 511 g/mol. The molecule has 188 valence electrons. The number of aryl methyl sites for hydroxylation is 1. The maximum Gasteiger partial charge on any atom is 0.272 e. The van der Waals surface area contributed by atoms with Crippen molar-refractivity contribution in [2.75, 3.05) is 5.32 Å². The van der Waals surface area contributed by atoms with Crippen molar-refractivity contribution < 1.29 is 14.4 Å². The highest BCUT2D eigenvalue weighted by molar-refractivity contribution is 6.98. The molecule has 0 fully saturated rings. The summed E-state index contributed by atoms with van der Waals surface area (Å²) in [6.45, 7) is 5.71. The van der Waals surface area contributed by atoms with Gasteiger partial charge in [0.05, 0.1) is 11.8 Å². The number of hydrogen-bond acceptors (Lipinski definition) is 4. The molecule has 0 bridgehead atoms. The van der Waals surface area contributed by atoms with E-state index >= 15 is 0 Å². The largest absolute Gasteiger partial charge is 0.424 e. The number of aromatic nitrogens is 1. The van der Waals surface area contributed by atoms with Crippen LogP contribution in [0.4, 0.5) is 5.69 Å². The number of hydrogen-bond donors (Lipinski definition) is 4. The number of carbonyl (C=O) groups is 2. The number of H-pyrrole nitrogens is 1.